The van der Waals surface area contributed by atoms with Gasteiger partial charge >= 0.3 is 0 Å². The molecule has 0 unspecified atom stereocenters. The molecule has 0 fully saturated rings. The first kappa shape index (κ1) is 16.8. The lowest BCUT2D eigenvalue weighted by atomic mass is 10.2. The molecule has 0 bridgehead atoms. The van der Waals surface area contributed by atoms with Gasteiger partial charge in [0.25, 0.3) is 0 Å². The van der Waals surface area contributed by atoms with E-state index in [1.807, 2.05) is 31.2 Å². The number of hydrogen-bond acceptors (Lipinski definition) is 3. The summed E-state index contributed by atoms with van der Waals surface area (Å²) in [4.78, 5) is 4.39. The van der Waals surface area contributed by atoms with Crippen molar-refractivity contribution in [3.8, 4) is 0 Å². The topological polar surface area (TPSA) is 70.6 Å². The van der Waals surface area contributed by atoms with Gasteiger partial charge in [0.2, 0.25) is 0 Å². The van der Waals surface area contributed by atoms with E-state index in [-0.39, 0.29) is 5.75 Å². The maximum absolute atomic E-state index is 11.1. The van der Waals surface area contributed by atoms with Gasteiger partial charge in [-0.3, -0.25) is 0 Å². The van der Waals surface area contributed by atoms with Crippen molar-refractivity contribution in [3.63, 3.8) is 0 Å². The molecule has 0 aliphatic carbocycles. The highest BCUT2D eigenvalue weighted by Gasteiger charge is 2.03. The molecule has 5 nitrogen and oxygen atoms in total. The zero-order valence-electron chi connectivity index (χ0n) is 11.7. The fourth-order valence-electron chi connectivity index (χ4n) is 1.50. The number of halogens is 1. The van der Waals surface area contributed by atoms with E-state index in [2.05, 4.69) is 15.6 Å². The summed E-state index contributed by atoms with van der Waals surface area (Å²) in [7, 11) is -2.97. The standard InChI is InChI=1S/C13H20ClN3O2S/c1-3-15-13(16-7-8-20(2,18)19)17-10-11-5-4-6-12(14)9-11/h4-6,9H,3,7-8,10H2,1-2H3,(H2,15,16,17). The van der Waals surface area contributed by atoms with Crippen LogP contribution in [0.3, 0.4) is 0 Å². The van der Waals surface area contributed by atoms with Crippen molar-refractivity contribution in [2.24, 2.45) is 4.99 Å². The molecule has 0 aromatic heterocycles. The largest absolute Gasteiger partial charge is 0.357 e. The summed E-state index contributed by atoms with van der Waals surface area (Å²) in [6, 6.07) is 7.47. The molecule has 20 heavy (non-hydrogen) atoms. The maximum Gasteiger partial charge on any atom is 0.191 e. The molecule has 0 aliphatic rings. The zero-order chi connectivity index (χ0) is 15.0. The van der Waals surface area contributed by atoms with Gasteiger partial charge < -0.3 is 10.6 Å². The second-order valence-electron chi connectivity index (χ2n) is 4.38. The average molecular weight is 318 g/mol. The lowest BCUT2D eigenvalue weighted by molar-refractivity contribution is 0.600. The van der Waals surface area contributed by atoms with Gasteiger partial charge in [-0.1, -0.05) is 23.7 Å². The third kappa shape index (κ3) is 7.35. The van der Waals surface area contributed by atoms with Crippen LogP contribution in [-0.4, -0.2) is 39.5 Å². The molecule has 0 heterocycles. The van der Waals surface area contributed by atoms with Gasteiger partial charge in [-0.05, 0) is 24.6 Å². The molecule has 0 spiro atoms. The molecule has 2 N–H and O–H groups in total. The zero-order valence-corrected chi connectivity index (χ0v) is 13.3. The molecular weight excluding hydrogens is 298 g/mol. The van der Waals surface area contributed by atoms with Crippen LogP contribution in [0.5, 0.6) is 0 Å². The molecule has 7 heteroatoms. The number of hydrogen-bond donors (Lipinski definition) is 2. The monoisotopic (exact) mass is 317 g/mol. The van der Waals surface area contributed by atoms with E-state index in [4.69, 9.17) is 11.6 Å². The predicted molar refractivity (Wildman–Crippen MR) is 84.0 cm³/mol. The van der Waals surface area contributed by atoms with Crippen molar-refractivity contribution >= 4 is 27.4 Å². The van der Waals surface area contributed by atoms with E-state index in [1.54, 1.807) is 0 Å². The molecular formula is C13H20ClN3O2S. The van der Waals surface area contributed by atoms with Crippen LogP contribution >= 0.6 is 11.6 Å². The van der Waals surface area contributed by atoms with Gasteiger partial charge in [0.05, 0.1) is 12.3 Å². The normalized spacial score (nSPS) is 12.2. The van der Waals surface area contributed by atoms with Crippen LogP contribution in [0.4, 0.5) is 0 Å². The molecule has 1 rings (SSSR count). The first-order valence-corrected chi connectivity index (χ1v) is 8.79. The van der Waals surface area contributed by atoms with E-state index in [9.17, 15) is 8.42 Å². The SMILES string of the molecule is CCNC(=NCc1cccc(Cl)c1)NCCS(C)(=O)=O. The summed E-state index contributed by atoms with van der Waals surface area (Å²) in [5, 5.41) is 6.73. The highest BCUT2D eigenvalue weighted by atomic mass is 35.5. The molecule has 0 saturated carbocycles. The van der Waals surface area contributed by atoms with E-state index < -0.39 is 9.84 Å². The number of nitrogens with one attached hydrogen (secondary N) is 2. The summed E-state index contributed by atoms with van der Waals surface area (Å²) >= 11 is 5.91. The minimum atomic E-state index is -2.97. The number of rotatable bonds is 6. The van der Waals surface area contributed by atoms with Gasteiger partial charge in [-0.25, -0.2) is 13.4 Å². The van der Waals surface area contributed by atoms with Crippen LogP contribution in [0.2, 0.25) is 5.02 Å². The summed E-state index contributed by atoms with van der Waals surface area (Å²) in [6.07, 6.45) is 1.21. The third-order valence-corrected chi connectivity index (χ3v) is 3.60. The Hall–Kier alpha value is -1.27. The number of aliphatic imine (C=N–C) groups is 1. The Balaban J connectivity index is 2.58. The van der Waals surface area contributed by atoms with Gasteiger partial charge in [-0.15, -0.1) is 0 Å². The first-order valence-electron chi connectivity index (χ1n) is 6.35. The third-order valence-electron chi connectivity index (χ3n) is 2.42. The fraction of sp³-hybridized carbons (Fsp3) is 0.462. The smallest absolute Gasteiger partial charge is 0.191 e. The summed E-state index contributed by atoms with van der Waals surface area (Å²) in [5.41, 5.74) is 0.998. The minimum Gasteiger partial charge on any atom is -0.357 e. The first-order chi connectivity index (χ1) is 9.40. The van der Waals surface area contributed by atoms with Gasteiger partial charge in [0.15, 0.2) is 5.96 Å². The minimum absolute atomic E-state index is 0.0780. The Morgan fingerprint density at radius 3 is 2.70 bits per heavy atom. The second kappa shape index (κ2) is 8.11. The average Bonchev–Trinajstić information content (AvgIpc) is 2.34. The van der Waals surface area contributed by atoms with E-state index in [0.717, 1.165) is 5.56 Å². The van der Waals surface area contributed by atoms with E-state index in [0.29, 0.717) is 30.6 Å². The van der Waals surface area contributed by atoms with Crippen molar-refractivity contribution in [2.75, 3.05) is 25.1 Å². The van der Waals surface area contributed by atoms with Crippen molar-refractivity contribution in [1.82, 2.24) is 10.6 Å². The van der Waals surface area contributed by atoms with Crippen molar-refractivity contribution in [2.45, 2.75) is 13.5 Å². The lowest BCUT2D eigenvalue weighted by Crippen LogP contribution is -2.39. The predicted octanol–water partition coefficient (Wildman–Crippen LogP) is 1.44. The Morgan fingerprint density at radius 2 is 2.10 bits per heavy atom. The van der Waals surface area contributed by atoms with Crippen molar-refractivity contribution in [1.29, 1.82) is 0 Å². The maximum atomic E-state index is 11.1. The number of guanidine groups is 1. The van der Waals surface area contributed by atoms with Crippen LogP contribution in [-0.2, 0) is 16.4 Å². The molecule has 0 atom stereocenters. The van der Waals surface area contributed by atoms with E-state index in [1.165, 1.54) is 6.26 Å². The highest BCUT2D eigenvalue weighted by Crippen LogP contribution is 2.11. The van der Waals surface area contributed by atoms with Crippen molar-refractivity contribution in [3.05, 3.63) is 34.9 Å². The van der Waals surface area contributed by atoms with Crippen LogP contribution < -0.4 is 10.6 Å². The molecule has 1 aromatic carbocycles. The Morgan fingerprint density at radius 1 is 1.35 bits per heavy atom. The summed E-state index contributed by atoms with van der Waals surface area (Å²) < 4.78 is 22.1. The van der Waals surface area contributed by atoms with Crippen molar-refractivity contribution < 1.29 is 8.42 Å². The van der Waals surface area contributed by atoms with Gasteiger partial charge in [-0.2, -0.15) is 0 Å². The Labute approximate surface area is 125 Å². The number of nitrogens with zero attached hydrogens (tertiary/aromatic N) is 1. The number of benzene rings is 1. The molecule has 112 valence electrons. The van der Waals surface area contributed by atoms with Crippen LogP contribution in [0.25, 0.3) is 0 Å². The molecule has 0 amide bonds. The molecule has 1 aromatic rings. The Bertz CT molecular complexity index is 558. The van der Waals surface area contributed by atoms with Gasteiger partial charge in [0, 0.05) is 24.4 Å². The lowest BCUT2D eigenvalue weighted by Gasteiger charge is -2.10. The summed E-state index contributed by atoms with van der Waals surface area (Å²) in [6.45, 7) is 3.47. The molecule has 0 aliphatic heterocycles. The van der Waals surface area contributed by atoms with Crippen LogP contribution in [0, 0.1) is 0 Å². The second-order valence-corrected chi connectivity index (χ2v) is 7.08. The van der Waals surface area contributed by atoms with Crippen LogP contribution in [0.1, 0.15) is 12.5 Å². The Kier molecular flexibility index (Phi) is 6.81. The fourth-order valence-corrected chi connectivity index (χ4v) is 2.19. The quantitative estimate of drug-likeness (QED) is 0.615. The summed E-state index contributed by atoms with van der Waals surface area (Å²) in [5.74, 6) is 0.672. The number of sulfone groups is 1. The van der Waals surface area contributed by atoms with E-state index >= 15 is 0 Å². The highest BCUT2D eigenvalue weighted by molar-refractivity contribution is 7.90. The van der Waals surface area contributed by atoms with Gasteiger partial charge in [0.1, 0.15) is 9.84 Å². The molecule has 0 saturated heterocycles. The van der Waals surface area contributed by atoms with Crippen LogP contribution in [0.15, 0.2) is 29.3 Å². The molecule has 0 radical (unpaired) electrons.